The molecule has 1 heterocycles. The molecule has 0 spiro atoms. The van der Waals surface area contributed by atoms with Crippen molar-refractivity contribution in [2.24, 2.45) is 5.73 Å². The summed E-state index contributed by atoms with van der Waals surface area (Å²) in [6.45, 7) is 3.13. The molecule has 0 fully saturated rings. The van der Waals surface area contributed by atoms with E-state index in [1.54, 1.807) is 11.8 Å². The predicted octanol–water partition coefficient (Wildman–Crippen LogP) is 2.88. The van der Waals surface area contributed by atoms with Crippen molar-refractivity contribution >= 4 is 30.0 Å². The normalized spacial score (nSPS) is 13.8. The fourth-order valence-corrected chi connectivity index (χ4v) is 4.62. The minimum atomic E-state index is -0.324. The first kappa shape index (κ1) is 22.1. The van der Waals surface area contributed by atoms with Crippen LogP contribution in [-0.2, 0) is 28.3 Å². The van der Waals surface area contributed by atoms with Crippen LogP contribution in [-0.4, -0.2) is 35.7 Å². The molecule has 158 valence electrons. The zero-order valence-corrected chi connectivity index (χ0v) is 17.9. The van der Waals surface area contributed by atoms with Gasteiger partial charge in [-0.3, -0.25) is 19.7 Å². The number of carbonyl (C=O) groups excluding carboxylic acids is 3. The van der Waals surface area contributed by atoms with Gasteiger partial charge in [0.05, 0.1) is 0 Å². The van der Waals surface area contributed by atoms with E-state index >= 15 is 0 Å². The summed E-state index contributed by atoms with van der Waals surface area (Å²) in [6.07, 6.45) is 1.99. The van der Waals surface area contributed by atoms with Crippen LogP contribution in [0.4, 0.5) is 0 Å². The van der Waals surface area contributed by atoms with Crippen LogP contribution in [0.1, 0.15) is 46.8 Å². The van der Waals surface area contributed by atoms with Gasteiger partial charge in [-0.1, -0.05) is 30.3 Å². The van der Waals surface area contributed by atoms with Crippen LogP contribution in [0.15, 0.2) is 47.4 Å². The molecular formula is C23H27N3O3S. The van der Waals surface area contributed by atoms with E-state index in [1.165, 1.54) is 11.1 Å². The molecule has 7 heteroatoms. The predicted molar refractivity (Wildman–Crippen MR) is 118 cm³/mol. The standard InChI is InChI=1S/C23H27N3O3S/c1-16(5-10-22(28)25-15-27)26-13-20-19(23(26)29)3-2-4-21(20)30-14-18-8-6-17(7-9-18)11-12-24/h2-4,6-9,15-16H,5,10-14,24H2,1H3,(H,25,27,28). The summed E-state index contributed by atoms with van der Waals surface area (Å²) in [4.78, 5) is 37.7. The first-order valence-corrected chi connectivity index (χ1v) is 11.1. The molecular weight excluding hydrogens is 398 g/mol. The molecule has 0 saturated carbocycles. The van der Waals surface area contributed by atoms with Crippen molar-refractivity contribution in [3.63, 3.8) is 0 Å². The van der Waals surface area contributed by atoms with Gasteiger partial charge in [0.1, 0.15) is 0 Å². The monoisotopic (exact) mass is 425 g/mol. The Morgan fingerprint density at radius 2 is 1.97 bits per heavy atom. The maximum atomic E-state index is 12.9. The SMILES string of the molecule is CC(CCC(=O)NC=O)N1Cc2c(SCc3ccc(CCN)cc3)cccc2C1=O. The van der Waals surface area contributed by atoms with Gasteiger partial charge in [-0.25, -0.2) is 0 Å². The average molecular weight is 426 g/mol. The highest BCUT2D eigenvalue weighted by atomic mass is 32.2. The molecule has 1 unspecified atom stereocenters. The third-order valence-corrected chi connectivity index (χ3v) is 6.52. The maximum absolute atomic E-state index is 12.9. The van der Waals surface area contributed by atoms with Gasteiger partial charge in [0, 0.05) is 35.2 Å². The molecule has 0 saturated heterocycles. The van der Waals surface area contributed by atoms with E-state index in [0.29, 0.717) is 25.9 Å². The summed E-state index contributed by atoms with van der Waals surface area (Å²) in [5.74, 6) is 0.506. The molecule has 1 aliphatic heterocycles. The fourth-order valence-electron chi connectivity index (χ4n) is 3.58. The second-order valence-corrected chi connectivity index (χ2v) is 8.45. The van der Waals surface area contributed by atoms with Gasteiger partial charge in [0.25, 0.3) is 5.91 Å². The number of nitrogens with zero attached hydrogens (tertiary/aromatic N) is 1. The van der Waals surface area contributed by atoms with E-state index in [2.05, 4.69) is 35.6 Å². The minimum Gasteiger partial charge on any atom is -0.332 e. The number of nitrogens with one attached hydrogen (secondary N) is 1. The maximum Gasteiger partial charge on any atom is 0.254 e. The van der Waals surface area contributed by atoms with Gasteiger partial charge < -0.3 is 10.6 Å². The molecule has 3 N–H and O–H groups in total. The van der Waals surface area contributed by atoms with Crippen molar-refractivity contribution in [1.82, 2.24) is 10.2 Å². The molecule has 0 aromatic heterocycles. The van der Waals surface area contributed by atoms with E-state index in [9.17, 15) is 14.4 Å². The van der Waals surface area contributed by atoms with Crippen LogP contribution in [0.2, 0.25) is 0 Å². The Hall–Kier alpha value is -2.64. The van der Waals surface area contributed by atoms with Crippen LogP contribution in [0, 0.1) is 0 Å². The number of rotatable bonds is 10. The van der Waals surface area contributed by atoms with Crippen LogP contribution >= 0.6 is 11.8 Å². The Morgan fingerprint density at radius 1 is 1.23 bits per heavy atom. The first-order chi connectivity index (χ1) is 14.5. The Bertz CT molecular complexity index is 914. The van der Waals surface area contributed by atoms with Gasteiger partial charge in [-0.2, -0.15) is 0 Å². The summed E-state index contributed by atoms with van der Waals surface area (Å²) in [5.41, 5.74) is 9.87. The number of hydrogen-bond donors (Lipinski definition) is 2. The Labute approximate surface area is 181 Å². The van der Waals surface area contributed by atoms with E-state index in [4.69, 9.17) is 5.73 Å². The summed E-state index contributed by atoms with van der Waals surface area (Å²) in [5, 5.41) is 2.14. The number of hydrogen-bond acceptors (Lipinski definition) is 5. The number of amides is 3. The van der Waals surface area contributed by atoms with Crippen LogP contribution in [0.3, 0.4) is 0 Å². The van der Waals surface area contributed by atoms with Crippen molar-refractivity contribution in [2.75, 3.05) is 6.54 Å². The topological polar surface area (TPSA) is 92.5 Å². The summed E-state index contributed by atoms with van der Waals surface area (Å²) in [6, 6.07) is 14.3. The molecule has 3 amide bonds. The van der Waals surface area contributed by atoms with E-state index in [-0.39, 0.29) is 24.3 Å². The van der Waals surface area contributed by atoms with Gasteiger partial charge in [-0.05, 0) is 55.1 Å². The van der Waals surface area contributed by atoms with E-state index in [0.717, 1.165) is 28.2 Å². The number of carbonyl (C=O) groups is 3. The van der Waals surface area contributed by atoms with Gasteiger partial charge >= 0.3 is 0 Å². The number of benzene rings is 2. The Balaban J connectivity index is 1.64. The van der Waals surface area contributed by atoms with E-state index < -0.39 is 0 Å². The zero-order valence-electron chi connectivity index (χ0n) is 17.1. The van der Waals surface area contributed by atoms with Gasteiger partial charge in [-0.15, -0.1) is 11.8 Å². The molecule has 0 radical (unpaired) electrons. The number of thioether (sulfide) groups is 1. The van der Waals surface area contributed by atoms with Crippen LogP contribution in [0.25, 0.3) is 0 Å². The fraction of sp³-hybridized carbons (Fsp3) is 0.348. The number of fused-ring (bicyclic) bond motifs is 1. The molecule has 1 aliphatic rings. The zero-order chi connectivity index (χ0) is 21.5. The van der Waals surface area contributed by atoms with E-state index in [1.807, 2.05) is 24.0 Å². The molecule has 1 atom stereocenters. The van der Waals surface area contributed by atoms with Gasteiger partial charge in [0.15, 0.2) is 0 Å². The van der Waals surface area contributed by atoms with Crippen LogP contribution in [0.5, 0.6) is 0 Å². The molecule has 2 aromatic rings. The summed E-state index contributed by atoms with van der Waals surface area (Å²) in [7, 11) is 0. The lowest BCUT2D eigenvalue weighted by Crippen LogP contribution is -2.34. The molecule has 30 heavy (non-hydrogen) atoms. The largest absolute Gasteiger partial charge is 0.332 e. The quantitative estimate of drug-likeness (QED) is 0.451. The molecule has 3 rings (SSSR count). The van der Waals surface area contributed by atoms with Crippen molar-refractivity contribution in [3.05, 3.63) is 64.7 Å². The summed E-state index contributed by atoms with van der Waals surface area (Å²) >= 11 is 1.73. The lowest BCUT2D eigenvalue weighted by Gasteiger charge is -2.24. The Morgan fingerprint density at radius 3 is 2.67 bits per heavy atom. The van der Waals surface area contributed by atoms with Crippen LogP contribution < -0.4 is 11.1 Å². The highest BCUT2D eigenvalue weighted by Gasteiger charge is 2.32. The van der Waals surface area contributed by atoms with Crippen molar-refractivity contribution < 1.29 is 14.4 Å². The molecule has 0 aliphatic carbocycles. The lowest BCUT2D eigenvalue weighted by molar-refractivity contribution is -0.125. The number of nitrogens with two attached hydrogens (primary N) is 1. The minimum absolute atomic E-state index is 0.00174. The van der Waals surface area contributed by atoms with Crippen molar-refractivity contribution in [1.29, 1.82) is 0 Å². The number of imide groups is 1. The smallest absolute Gasteiger partial charge is 0.254 e. The molecule has 2 aromatic carbocycles. The Kier molecular flexibility index (Phi) is 7.65. The van der Waals surface area contributed by atoms with Crippen molar-refractivity contribution in [3.8, 4) is 0 Å². The lowest BCUT2D eigenvalue weighted by atomic mass is 10.1. The van der Waals surface area contributed by atoms with Gasteiger partial charge in [0.2, 0.25) is 12.3 Å². The third kappa shape index (κ3) is 5.29. The summed E-state index contributed by atoms with van der Waals surface area (Å²) < 4.78 is 0. The molecule has 0 bridgehead atoms. The highest BCUT2D eigenvalue weighted by Crippen LogP contribution is 2.35. The average Bonchev–Trinajstić information content (AvgIpc) is 3.09. The second kappa shape index (κ2) is 10.4. The molecule has 6 nitrogen and oxygen atoms in total. The third-order valence-electron chi connectivity index (χ3n) is 5.34. The second-order valence-electron chi connectivity index (χ2n) is 7.43. The first-order valence-electron chi connectivity index (χ1n) is 10.1. The van der Waals surface area contributed by atoms with Crippen molar-refractivity contribution in [2.45, 2.75) is 49.4 Å². The highest BCUT2D eigenvalue weighted by molar-refractivity contribution is 7.98.